The smallest absolute Gasteiger partial charge is 0.468 e. The van der Waals surface area contributed by atoms with Gasteiger partial charge in [0.15, 0.2) is 0 Å². The van der Waals surface area contributed by atoms with Gasteiger partial charge in [-0.1, -0.05) is 54.6 Å². The standard InChI is InChI=1S/C23H27BO4/c1-21(2)22(3,4)28-24(27-21)18-13-11-17(12-14-18)23(20(25)26-5)15-19(23)16-9-7-6-8-10-16/h6-14,19H,15H2,1-5H3/t19-,23-/m0/s1. The van der Waals surface area contributed by atoms with Crippen LogP contribution in [0.25, 0.3) is 0 Å². The Balaban J connectivity index is 1.62. The van der Waals surface area contributed by atoms with Gasteiger partial charge < -0.3 is 14.0 Å². The predicted octanol–water partition coefficient (Wildman–Crippen LogP) is 3.58. The van der Waals surface area contributed by atoms with Crippen LogP contribution in [0.1, 0.15) is 51.2 Å². The molecule has 1 aliphatic carbocycles. The van der Waals surface area contributed by atoms with Gasteiger partial charge in [0.05, 0.1) is 18.3 Å². The molecule has 146 valence electrons. The van der Waals surface area contributed by atoms with Crippen LogP contribution in [0.5, 0.6) is 0 Å². The highest BCUT2D eigenvalue weighted by Gasteiger charge is 2.62. The van der Waals surface area contributed by atoms with Gasteiger partial charge in [0.25, 0.3) is 0 Å². The zero-order chi connectivity index (χ0) is 20.2. The fraction of sp³-hybridized carbons (Fsp3) is 0.435. The summed E-state index contributed by atoms with van der Waals surface area (Å²) in [6.07, 6.45) is 0.763. The molecule has 5 heteroatoms. The SMILES string of the molecule is COC(=O)[C@]1(c2ccc(B3OC(C)(C)C(C)(C)O3)cc2)C[C@H]1c1ccccc1. The molecule has 2 aromatic carbocycles. The summed E-state index contributed by atoms with van der Waals surface area (Å²) >= 11 is 0. The molecule has 2 aliphatic rings. The van der Waals surface area contributed by atoms with Crippen LogP contribution in [-0.2, 0) is 24.3 Å². The Labute approximate surface area is 167 Å². The summed E-state index contributed by atoms with van der Waals surface area (Å²) in [6.45, 7) is 8.18. The monoisotopic (exact) mass is 378 g/mol. The molecule has 0 unspecified atom stereocenters. The minimum Gasteiger partial charge on any atom is -0.468 e. The molecule has 28 heavy (non-hydrogen) atoms. The van der Waals surface area contributed by atoms with Gasteiger partial charge >= 0.3 is 13.1 Å². The molecule has 0 amide bonds. The zero-order valence-electron chi connectivity index (χ0n) is 17.2. The third-order valence-electron chi connectivity index (χ3n) is 6.66. The highest BCUT2D eigenvalue weighted by atomic mass is 16.7. The second kappa shape index (κ2) is 6.46. The first-order valence-corrected chi connectivity index (χ1v) is 9.81. The Hall–Kier alpha value is -2.11. The molecule has 1 heterocycles. The van der Waals surface area contributed by atoms with Gasteiger partial charge in [-0.2, -0.15) is 0 Å². The van der Waals surface area contributed by atoms with Crippen LogP contribution < -0.4 is 5.46 Å². The minimum atomic E-state index is -0.607. The molecule has 0 aromatic heterocycles. The van der Waals surface area contributed by atoms with Crippen LogP contribution in [-0.4, -0.2) is 31.4 Å². The van der Waals surface area contributed by atoms with E-state index in [2.05, 4.69) is 12.1 Å². The molecule has 0 N–H and O–H groups in total. The van der Waals surface area contributed by atoms with E-state index in [1.165, 1.54) is 12.7 Å². The molecular formula is C23H27BO4. The molecular weight excluding hydrogens is 351 g/mol. The molecule has 1 aliphatic heterocycles. The van der Waals surface area contributed by atoms with Crippen molar-refractivity contribution in [1.82, 2.24) is 0 Å². The van der Waals surface area contributed by atoms with E-state index in [1.54, 1.807) is 0 Å². The van der Waals surface area contributed by atoms with E-state index >= 15 is 0 Å². The molecule has 2 atom stereocenters. The first-order chi connectivity index (χ1) is 13.2. The van der Waals surface area contributed by atoms with Crippen molar-refractivity contribution >= 4 is 18.6 Å². The summed E-state index contributed by atoms with van der Waals surface area (Å²) in [6, 6.07) is 18.2. The Bertz CT molecular complexity index is 859. The van der Waals surface area contributed by atoms with Gasteiger partial charge in [-0.25, -0.2) is 0 Å². The summed E-state index contributed by atoms with van der Waals surface area (Å²) in [5.74, 6) is -0.0337. The first kappa shape index (κ1) is 19.2. The van der Waals surface area contributed by atoms with Crippen LogP contribution in [0.4, 0.5) is 0 Å². The topological polar surface area (TPSA) is 44.8 Å². The number of hydrogen-bond donors (Lipinski definition) is 0. The van der Waals surface area contributed by atoms with Crippen molar-refractivity contribution in [2.45, 2.75) is 56.7 Å². The third kappa shape index (κ3) is 2.88. The van der Waals surface area contributed by atoms with E-state index in [1.807, 2.05) is 70.2 Å². The lowest BCUT2D eigenvalue weighted by molar-refractivity contribution is -0.143. The van der Waals surface area contributed by atoms with Crippen LogP contribution in [0.15, 0.2) is 54.6 Å². The first-order valence-electron chi connectivity index (χ1n) is 9.81. The number of rotatable bonds is 4. The van der Waals surface area contributed by atoms with E-state index in [-0.39, 0.29) is 23.1 Å². The van der Waals surface area contributed by atoms with Crippen molar-refractivity contribution in [2.24, 2.45) is 0 Å². The van der Waals surface area contributed by atoms with E-state index in [0.717, 1.165) is 17.4 Å². The van der Waals surface area contributed by atoms with Crippen LogP contribution in [0.2, 0.25) is 0 Å². The maximum atomic E-state index is 12.7. The molecule has 4 rings (SSSR count). The Morgan fingerprint density at radius 2 is 1.54 bits per heavy atom. The Morgan fingerprint density at radius 3 is 2.07 bits per heavy atom. The van der Waals surface area contributed by atoms with E-state index in [9.17, 15) is 4.79 Å². The maximum Gasteiger partial charge on any atom is 0.494 e. The number of carbonyl (C=O) groups is 1. The molecule has 0 radical (unpaired) electrons. The molecule has 4 nitrogen and oxygen atoms in total. The largest absolute Gasteiger partial charge is 0.494 e. The zero-order valence-corrected chi connectivity index (χ0v) is 17.2. The summed E-state index contributed by atoms with van der Waals surface area (Å²) in [7, 11) is 1.06. The average Bonchev–Trinajstić information content (AvgIpc) is 3.39. The van der Waals surface area contributed by atoms with Crippen molar-refractivity contribution in [3.63, 3.8) is 0 Å². The highest BCUT2D eigenvalue weighted by molar-refractivity contribution is 6.62. The normalized spacial score (nSPS) is 27.5. The van der Waals surface area contributed by atoms with Crippen molar-refractivity contribution in [3.05, 3.63) is 65.7 Å². The lowest BCUT2D eigenvalue weighted by atomic mass is 9.77. The lowest BCUT2D eigenvalue weighted by Crippen LogP contribution is -2.41. The highest BCUT2D eigenvalue weighted by Crippen LogP contribution is 2.61. The molecule has 2 aromatic rings. The Kier molecular flexibility index (Phi) is 4.44. The molecule has 1 saturated carbocycles. The van der Waals surface area contributed by atoms with Gasteiger partial charge in [-0.15, -0.1) is 0 Å². The van der Waals surface area contributed by atoms with Gasteiger partial charge in [0.2, 0.25) is 0 Å². The number of esters is 1. The minimum absolute atomic E-state index is 0.142. The Morgan fingerprint density at radius 1 is 0.964 bits per heavy atom. The van der Waals surface area contributed by atoms with Crippen molar-refractivity contribution < 1.29 is 18.8 Å². The number of ether oxygens (including phenoxy) is 1. The van der Waals surface area contributed by atoms with E-state index < -0.39 is 12.5 Å². The van der Waals surface area contributed by atoms with Crippen molar-refractivity contribution in [3.8, 4) is 0 Å². The summed E-state index contributed by atoms with van der Waals surface area (Å²) < 4.78 is 17.5. The fourth-order valence-corrected chi connectivity index (χ4v) is 4.11. The molecule has 0 bridgehead atoms. The molecule has 0 spiro atoms. The summed E-state index contributed by atoms with van der Waals surface area (Å²) in [5.41, 5.74) is 1.75. The van der Waals surface area contributed by atoms with Gasteiger partial charge in [-0.05, 0) is 50.7 Å². The third-order valence-corrected chi connectivity index (χ3v) is 6.66. The van der Waals surface area contributed by atoms with Crippen LogP contribution >= 0.6 is 0 Å². The summed E-state index contributed by atoms with van der Waals surface area (Å²) in [5, 5.41) is 0. The van der Waals surface area contributed by atoms with E-state index in [4.69, 9.17) is 14.0 Å². The van der Waals surface area contributed by atoms with Gasteiger partial charge in [0, 0.05) is 5.92 Å². The van der Waals surface area contributed by atoms with Gasteiger partial charge in [0.1, 0.15) is 5.41 Å². The van der Waals surface area contributed by atoms with Gasteiger partial charge in [-0.3, -0.25) is 4.79 Å². The van der Waals surface area contributed by atoms with Crippen molar-refractivity contribution in [2.75, 3.05) is 7.11 Å². The molecule has 2 fully saturated rings. The lowest BCUT2D eigenvalue weighted by Gasteiger charge is -2.32. The predicted molar refractivity (Wildman–Crippen MR) is 110 cm³/mol. The molecule has 1 saturated heterocycles. The maximum absolute atomic E-state index is 12.7. The van der Waals surface area contributed by atoms with E-state index in [0.29, 0.717) is 0 Å². The van der Waals surface area contributed by atoms with Crippen LogP contribution in [0, 0.1) is 0 Å². The second-order valence-electron chi connectivity index (χ2n) is 8.84. The number of methoxy groups -OCH3 is 1. The summed E-state index contributed by atoms with van der Waals surface area (Å²) in [4.78, 5) is 12.7. The average molecular weight is 378 g/mol. The fourth-order valence-electron chi connectivity index (χ4n) is 4.11. The quantitative estimate of drug-likeness (QED) is 0.603. The van der Waals surface area contributed by atoms with Crippen LogP contribution in [0.3, 0.4) is 0 Å². The number of benzene rings is 2. The number of carbonyl (C=O) groups excluding carboxylic acids is 1. The van der Waals surface area contributed by atoms with Crippen molar-refractivity contribution in [1.29, 1.82) is 0 Å². The second-order valence-corrected chi connectivity index (χ2v) is 8.84. The number of hydrogen-bond acceptors (Lipinski definition) is 4.